The topological polar surface area (TPSA) is 72.2 Å². The highest BCUT2D eigenvalue weighted by atomic mass is 16.1. The number of aryl methyl sites for hydroxylation is 1. The number of ketones is 2. The van der Waals surface area contributed by atoms with Gasteiger partial charge in [-0.05, 0) is 18.6 Å². The van der Waals surface area contributed by atoms with Gasteiger partial charge in [-0.15, -0.1) is 0 Å². The van der Waals surface area contributed by atoms with Crippen molar-refractivity contribution in [2.24, 2.45) is 0 Å². The minimum absolute atomic E-state index is 0. The van der Waals surface area contributed by atoms with Crippen LogP contribution in [-0.2, 0) is 0 Å². The van der Waals surface area contributed by atoms with Gasteiger partial charge in [-0.1, -0.05) is 31.7 Å². The van der Waals surface area contributed by atoms with Crippen LogP contribution < -0.4 is 11.1 Å². The van der Waals surface area contributed by atoms with E-state index in [0.29, 0.717) is 33.6 Å². The summed E-state index contributed by atoms with van der Waals surface area (Å²) in [7, 11) is 6.44. The Morgan fingerprint density at radius 1 is 1.00 bits per heavy atom. The first-order valence-corrected chi connectivity index (χ1v) is 8.86. The van der Waals surface area contributed by atoms with E-state index in [9.17, 15) is 9.59 Å². The van der Waals surface area contributed by atoms with E-state index in [1.54, 1.807) is 24.3 Å². The Labute approximate surface area is 169 Å². The van der Waals surface area contributed by atoms with E-state index in [4.69, 9.17) is 5.73 Å². The highest BCUT2D eigenvalue weighted by Crippen LogP contribution is 2.37. The maximum Gasteiger partial charge on any atom is 0.196 e. The van der Waals surface area contributed by atoms with Crippen molar-refractivity contribution in [2.45, 2.75) is 20.8 Å². The van der Waals surface area contributed by atoms with Crippen LogP contribution in [0.4, 0.5) is 11.4 Å². The predicted molar refractivity (Wildman–Crippen MR) is 118 cm³/mol. The molecule has 5 nitrogen and oxygen atoms in total. The summed E-state index contributed by atoms with van der Waals surface area (Å²) in [5.74, 6) is -0.318. The number of carbonyl (C=O) groups excluding carboxylic acids is 2. The fraction of sp³-hybridized carbons (Fsp3) is 0.348. The molecule has 28 heavy (non-hydrogen) atoms. The Morgan fingerprint density at radius 3 is 2.07 bits per heavy atom. The summed E-state index contributed by atoms with van der Waals surface area (Å²) in [6, 6.07) is 8.81. The smallest absolute Gasteiger partial charge is 0.196 e. The number of hydrogen-bond acceptors (Lipinski definition) is 4. The van der Waals surface area contributed by atoms with Crippen LogP contribution in [0.1, 0.15) is 51.3 Å². The number of nitrogens with one attached hydrogen (secondary N) is 1. The van der Waals surface area contributed by atoms with E-state index >= 15 is 0 Å². The molecule has 152 valence electrons. The van der Waals surface area contributed by atoms with Crippen molar-refractivity contribution in [3.8, 4) is 0 Å². The van der Waals surface area contributed by atoms with E-state index in [-0.39, 0.29) is 26.4 Å². The molecule has 0 atom stereocenters. The number of nitrogen functional groups attached to an aromatic ring is 1. The summed E-state index contributed by atoms with van der Waals surface area (Å²) in [4.78, 5) is 26.1. The van der Waals surface area contributed by atoms with Crippen LogP contribution in [0, 0.1) is 14.4 Å². The normalized spacial score (nSPS) is 12.4. The van der Waals surface area contributed by atoms with Gasteiger partial charge in [0, 0.05) is 35.5 Å². The van der Waals surface area contributed by atoms with Crippen LogP contribution in [0.5, 0.6) is 0 Å². The van der Waals surface area contributed by atoms with Gasteiger partial charge in [-0.2, -0.15) is 0 Å². The Bertz CT molecular complexity index is 895. The number of nitrogens with two attached hydrogens (primary N) is 1. The number of hydrogen-bond donors (Lipinski definition) is 2. The molecule has 0 unspecified atom stereocenters. The Kier molecular flexibility index (Phi) is 7.15. The monoisotopic (exact) mass is 383 g/mol. The van der Waals surface area contributed by atoms with E-state index in [0.717, 1.165) is 29.6 Å². The van der Waals surface area contributed by atoms with Crippen molar-refractivity contribution >= 4 is 22.9 Å². The Balaban J connectivity index is 0.00000196. The van der Waals surface area contributed by atoms with Crippen molar-refractivity contribution in [1.82, 2.24) is 0 Å². The molecular formula is C23H33N3O2. The van der Waals surface area contributed by atoms with Gasteiger partial charge < -0.3 is 23.0 Å². The molecule has 0 radical (unpaired) electrons. The standard InChI is InChI=1S/C21H25N3O2.CH4.CH3/c1-13-12-16(23-10-7-11-24(2,3)4)17-18(19(13)22)21(26)15-9-6-5-8-14(15)20(17)25;;/h5-6,8-9,12H,7,10-11H2,1-4H3,(H2-,22,23,25,26);1H4;1H3/q;;-1/p+1. The molecule has 0 spiro atoms. The molecule has 1 aliphatic rings. The van der Waals surface area contributed by atoms with E-state index in [1.807, 2.05) is 13.0 Å². The van der Waals surface area contributed by atoms with Crippen LogP contribution in [0.3, 0.4) is 0 Å². The first-order chi connectivity index (χ1) is 12.2. The number of quaternary nitrogens is 1. The molecular weight excluding hydrogens is 350 g/mol. The van der Waals surface area contributed by atoms with Gasteiger partial charge in [0.05, 0.1) is 38.8 Å². The first-order valence-electron chi connectivity index (χ1n) is 8.86. The lowest BCUT2D eigenvalue weighted by atomic mass is 9.81. The van der Waals surface area contributed by atoms with Crippen LogP contribution in [0.25, 0.3) is 0 Å². The second kappa shape index (κ2) is 8.57. The molecule has 3 rings (SSSR count). The summed E-state index contributed by atoms with van der Waals surface area (Å²) >= 11 is 0. The Morgan fingerprint density at radius 2 is 1.54 bits per heavy atom. The Hall–Kier alpha value is -2.66. The van der Waals surface area contributed by atoms with Crippen molar-refractivity contribution in [2.75, 3.05) is 45.3 Å². The maximum absolute atomic E-state index is 13.1. The molecule has 0 fully saturated rings. The van der Waals surface area contributed by atoms with E-state index in [1.165, 1.54) is 0 Å². The molecule has 0 bridgehead atoms. The molecule has 2 aromatic rings. The summed E-state index contributed by atoms with van der Waals surface area (Å²) < 4.78 is 0.880. The van der Waals surface area contributed by atoms with Crippen LogP contribution in [0.15, 0.2) is 30.3 Å². The van der Waals surface area contributed by atoms with Gasteiger partial charge in [0.25, 0.3) is 0 Å². The molecule has 5 heteroatoms. The third-order valence-corrected chi connectivity index (χ3v) is 4.77. The lowest BCUT2D eigenvalue weighted by Gasteiger charge is -2.25. The lowest BCUT2D eigenvalue weighted by molar-refractivity contribution is -0.870. The minimum atomic E-state index is -0.175. The SMILES string of the molecule is C.Cc1cc(NCCC[N+](C)(C)C)c2c(c1N)C(=O)c1ccccc1C2=O.[CH3-]. The molecule has 1 aliphatic carbocycles. The zero-order valence-corrected chi connectivity index (χ0v) is 16.8. The highest BCUT2D eigenvalue weighted by molar-refractivity contribution is 6.32. The molecule has 0 saturated heterocycles. The molecule has 0 heterocycles. The number of benzene rings is 2. The molecule has 0 amide bonds. The number of anilines is 2. The van der Waals surface area contributed by atoms with Gasteiger partial charge in [0.1, 0.15) is 0 Å². The average Bonchev–Trinajstić information content (AvgIpc) is 2.58. The van der Waals surface area contributed by atoms with Crippen molar-refractivity contribution in [1.29, 1.82) is 0 Å². The van der Waals surface area contributed by atoms with Gasteiger partial charge >= 0.3 is 0 Å². The number of rotatable bonds is 5. The number of nitrogens with zero attached hydrogens (tertiary/aromatic N) is 1. The van der Waals surface area contributed by atoms with Gasteiger partial charge in [-0.25, -0.2) is 0 Å². The van der Waals surface area contributed by atoms with Crippen LogP contribution in [0.2, 0.25) is 0 Å². The molecule has 0 aliphatic heterocycles. The fourth-order valence-corrected chi connectivity index (χ4v) is 3.37. The van der Waals surface area contributed by atoms with Gasteiger partial charge in [0.2, 0.25) is 0 Å². The number of fused-ring (bicyclic) bond motifs is 2. The highest BCUT2D eigenvalue weighted by Gasteiger charge is 2.33. The largest absolute Gasteiger partial charge is 0.398 e. The summed E-state index contributed by atoms with van der Waals surface area (Å²) in [6.07, 6.45) is 0.959. The summed E-state index contributed by atoms with van der Waals surface area (Å²) in [5, 5.41) is 3.36. The van der Waals surface area contributed by atoms with Gasteiger partial charge in [0.15, 0.2) is 11.6 Å². The van der Waals surface area contributed by atoms with E-state index in [2.05, 4.69) is 26.5 Å². The quantitative estimate of drug-likeness (QED) is 0.303. The third-order valence-electron chi connectivity index (χ3n) is 4.77. The summed E-state index contributed by atoms with van der Waals surface area (Å²) in [5.41, 5.74) is 9.70. The predicted octanol–water partition coefficient (Wildman–Crippen LogP) is 3.95. The minimum Gasteiger partial charge on any atom is -0.398 e. The number of carbonyl (C=O) groups is 2. The second-order valence-electron chi connectivity index (χ2n) is 7.90. The second-order valence-corrected chi connectivity index (χ2v) is 7.90. The molecule has 3 N–H and O–H groups in total. The van der Waals surface area contributed by atoms with Crippen molar-refractivity contribution in [3.05, 3.63) is 65.6 Å². The fourth-order valence-electron chi connectivity index (χ4n) is 3.37. The lowest BCUT2D eigenvalue weighted by Crippen LogP contribution is -2.36. The molecule has 2 aromatic carbocycles. The first kappa shape index (κ1) is 23.4. The van der Waals surface area contributed by atoms with Gasteiger partial charge in [-0.3, -0.25) is 9.59 Å². The maximum atomic E-state index is 13.1. The average molecular weight is 384 g/mol. The zero-order valence-electron chi connectivity index (χ0n) is 16.8. The van der Waals surface area contributed by atoms with Crippen LogP contribution >= 0.6 is 0 Å². The van der Waals surface area contributed by atoms with Crippen LogP contribution in [-0.4, -0.2) is 50.3 Å². The van der Waals surface area contributed by atoms with Crippen molar-refractivity contribution in [3.63, 3.8) is 0 Å². The molecule has 0 aromatic heterocycles. The van der Waals surface area contributed by atoms with E-state index < -0.39 is 0 Å². The third kappa shape index (κ3) is 4.25. The zero-order chi connectivity index (χ0) is 19.1. The van der Waals surface area contributed by atoms with Crippen molar-refractivity contribution < 1.29 is 14.1 Å². The summed E-state index contributed by atoms with van der Waals surface area (Å²) in [6.45, 7) is 3.61. The molecule has 0 saturated carbocycles.